The Morgan fingerprint density at radius 1 is 0.871 bits per heavy atom. The zero-order chi connectivity index (χ0) is 22.7. The van der Waals surface area contributed by atoms with Gasteiger partial charge in [-0.25, -0.2) is 0 Å². The number of carbonyl (C=O) groups is 2. The van der Waals surface area contributed by atoms with E-state index >= 15 is 0 Å². The zero-order valence-electron chi connectivity index (χ0n) is 19.0. The number of ether oxygens (including phenoxy) is 3. The van der Waals surface area contributed by atoms with Crippen LogP contribution >= 0.6 is 22.6 Å². The Labute approximate surface area is 197 Å². The van der Waals surface area contributed by atoms with Crippen molar-refractivity contribution in [2.75, 3.05) is 14.2 Å². The molecule has 0 N–H and O–H groups in total. The molecular weight excluding hydrogens is 507 g/mol. The van der Waals surface area contributed by atoms with Gasteiger partial charge in [0.2, 0.25) is 0 Å². The summed E-state index contributed by atoms with van der Waals surface area (Å²) in [5.74, 6) is 2.37. The Morgan fingerprint density at radius 3 is 1.84 bits per heavy atom. The smallest absolute Gasteiger partial charge is 0.174 e. The third kappa shape index (κ3) is 3.92. The van der Waals surface area contributed by atoms with E-state index in [-0.39, 0.29) is 22.4 Å². The molecule has 0 bridgehead atoms. The minimum atomic E-state index is -0.431. The molecule has 166 valence electrons. The summed E-state index contributed by atoms with van der Waals surface area (Å²) in [7, 11) is 3.20. The van der Waals surface area contributed by atoms with E-state index in [9.17, 15) is 9.59 Å². The van der Waals surface area contributed by atoms with E-state index in [0.29, 0.717) is 48.3 Å². The summed E-state index contributed by atoms with van der Waals surface area (Å²) in [6.07, 6.45) is 2.25. The number of Topliss-reactive ketones (excluding diaryl/α,β-unsaturated/α-hetero) is 2. The molecule has 1 aromatic carbocycles. The van der Waals surface area contributed by atoms with Gasteiger partial charge in [-0.05, 0) is 51.1 Å². The third-order valence-electron chi connectivity index (χ3n) is 6.37. The molecule has 5 nitrogen and oxygen atoms in total. The van der Waals surface area contributed by atoms with Crippen LogP contribution in [0.15, 0.2) is 34.8 Å². The molecule has 0 atom stereocenters. The fourth-order valence-corrected chi connectivity index (χ4v) is 5.96. The molecule has 3 aliphatic rings. The molecule has 0 aromatic heterocycles. The molecule has 1 heterocycles. The van der Waals surface area contributed by atoms with Crippen LogP contribution in [0.25, 0.3) is 0 Å². The maximum Gasteiger partial charge on any atom is 0.174 e. The van der Waals surface area contributed by atoms with E-state index in [1.807, 2.05) is 12.1 Å². The molecule has 2 aliphatic carbocycles. The highest BCUT2D eigenvalue weighted by Gasteiger charge is 2.48. The van der Waals surface area contributed by atoms with E-state index < -0.39 is 5.92 Å². The molecule has 0 amide bonds. The lowest BCUT2D eigenvalue weighted by atomic mass is 9.65. The Bertz CT molecular complexity index is 992. The monoisotopic (exact) mass is 536 g/mol. The van der Waals surface area contributed by atoms with Gasteiger partial charge in [-0.1, -0.05) is 27.7 Å². The van der Waals surface area contributed by atoms with Gasteiger partial charge < -0.3 is 14.2 Å². The quantitative estimate of drug-likeness (QED) is 0.464. The van der Waals surface area contributed by atoms with Crippen molar-refractivity contribution in [2.45, 2.75) is 59.3 Å². The number of halogens is 1. The maximum atomic E-state index is 13.4. The fourth-order valence-electron chi connectivity index (χ4n) is 5.11. The molecule has 0 saturated carbocycles. The summed E-state index contributed by atoms with van der Waals surface area (Å²) in [4.78, 5) is 26.7. The fraction of sp³-hybridized carbons (Fsp3) is 0.520. The number of benzene rings is 1. The number of carbonyl (C=O) groups excluding carboxylic acids is 2. The second-order valence-corrected chi connectivity index (χ2v) is 11.5. The van der Waals surface area contributed by atoms with Crippen molar-refractivity contribution >= 4 is 34.2 Å². The first kappa shape index (κ1) is 22.4. The topological polar surface area (TPSA) is 61.8 Å². The van der Waals surface area contributed by atoms with E-state index in [2.05, 4.69) is 50.3 Å². The first-order chi connectivity index (χ1) is 14.5. The molecular formula is C25H29IO5. The van der Waals surface area contributed by atoms with Crippen molar-refractivity contribution in [3.05, 3.63) is 43.9 Å². The van der Waals surface area contributed by atoms with Crippen molar-refractivity contribution in [3.63, 3.8) is 0 Å². The van der Waals surface area contributed by atoms with Crippen LogP contribution in [0.4, 0.5) is 0 Å². The SMILES string of the molecule is COc1cc(C2C3=C(CC(C)(C)CC3=O)OC3=C2C(=O)CC(C)(C)C3)cc(I)c1OC. The molecule has 0 saturated heterocycles. The first-order valence-corrected chi connectivity index (χ1v) is 11.7. The van der Waals surface area contributed by atoms with Crippen molar-refractivity contribution in [1.82, 2.24) is 0 Å². The lowest BCUT2D eigenvalue weighted by Crippen LogP contribution is -2.37. The number of methoxy groups -OCH3 is 2. The highest BCUT2D eigenvalue weighted by atomic mass is 127. The van der Waals surface area contributed by atoms with Gasteiger partial charge in [0.25, 0.3) is 0 Å². The molecule has 1 aliphatic heterocycles. The van der Waals surface area contributed by atoms with Gasteiger partial charge in [-0.15, -0.1) is 0 Å². The summed E-state index contributed by atoms with van der Waals surface area (Å²) >= 11 is 2.21. The lowest BCUT2D eigenvalue weighted by molar-refractivity contribution is -0.120. The van der Waals surface area contributed by atoms with Gasteiger partial charge in [0.05, 0.1) is 17.8 Å². The van der Waals surface area contributed by atoms with Crippen LogP contribution < -0.4 is 9.47 Å². The Morgan fingerprint density at radius 2 is 1.39 bits per heavy atom. The molecule has 0 radical (unpaired) electrons. The molecule has 0 fully saturated rings. The number of ketones is 2. The summed E-state index contributed by atoms with van der Waals surface area (Å²) in [6.45, 7) is 8.36. The minimum Gasteiger partial charge on any atom is -0.493 e. The molecule has 1 aromatic rings. The Kier molecular flexibility index (Phi) is 5.51. The number of hydrogen-bond acceptors (Lipinski definition) is 5. The Balaban J connectivity index is 1.95. The molecule has 0 unspecified atom stereocenters. The predicted molar refractivity (Wildman–Crippen MR) is 126 cm³/mol. The van der Waals surface area contributed by atoms with E-state index in [0.717, 1.165) is 20.7 Å². The standard InChI is InChI=1S/C25H29IO5/c1-24(2)9-15(27)21-18(11-24)31-19-12-25(3,4)10-16(28)22(19)20(21)13-7-14(26)23(30-6)17(8-13)29-5/h7-8,20H,9-12H2,1-6H3. The van der Waals surface area contributed by atoms with Crippen molar-refractivity contribution in [2.24, 2.45) is 10.8 Å². The molecule has 0 spiro atoms. The van der Waals surface area contributed by atoms with Gasteiger partial charge in [-0.2, -0.15) is 0 Å². The third-order valence-corrected chi connectivity index (χ3v) is 7.17. The van der Waals surface area contributed by atoms with Crippen LogP contribution in [0, 0.1) is 14.4 Å². The number of rotatable bonds is 3. The van der Waals surface area contributed by atoms with E-state index in [4.69, 9.17) is 14.2 Å². The zero-order valence-corrected chi connectivity index (χ0v) is 21.1. The second kappa shape index (κ2) is 7.64. The molecule has 4 rings (SSSR count). The van der Waals surface area contributed by atoms with Gasteiger partial charge in [0.1, 0.15) is 11.5 Å². The van der Waals surface area contributed by atoms with Gasteiger partial charge in [0, 0.05) is 42.7 Å². The van der Waals surface area contributed by atoms with Crippen LogP contribution in [-0.4, -0.2) is 25.8 Å². The van der Waals surface area contributed by atoms with E-state index in [1.165, 1.54) is 0 Å². The molecule has 6 heteroatoms. The van der Waals surface area contributed by atoms with Gasteiger partial charge >= 0.3 is 0 Å². The van der Waals surface area contributed by atoms with Crippen LogP contribution in [0.3, 0.4) is 0 Å². The largest absolute Gasteiger partial charge is 0.493 e. The van der Waals surface area contributed by atoms with Crippen molar-refractivity contribution in [3.8, 4) is 11.5 Å². The van der Waals surface area contributed by atoms with Crippen LogP contribution in [0.2, 0.25) is 0 Å². The number of allylic oxidation sites excluding steroid dienone is 4. The maximum absolute atomic E-state index is 13.4. The number of hydrogen-bond donors (Lipinski definition) is 0. The van der Waals surface area contributed by atoms with Gasteiger partial charge in [-0.3, -0.25) is 9.59 Å². The van der Waals surface area contributed by atoms with Crippen LogP contribution in [0.1, 0.15) is 64.9 Å². The van der Waals surface area contributed by atoms with Crippen molar-refractivity contribution in [1.29, 1.82) is 0 Å². The average molecular weight is 536 g/mol. The van der Waals surface area contributed by atoms with Crippen LogP contribution in [0.5, 0.6) is 11.5 Å². The highest BCUT2D eigenvalue weighted by Crippen LogP contribution is 2.54. The summed E-state index contributed by atoms with van der Waals surface area (Å²) in [6, 6.07) is 3.89. The molecule has 31 heavy (non-hydrogen) atoms. The lowest BCUT2D eigenvalue weighted by Gasteiger charge is -2.42. The predicted octanol–water partition coefficient (Wildman–Crippen LogP) is 5.71. The van der Waals surface area contributed by atoms with Crippen molar-refractivity contribution < 1.29 is 23.8 Å². The Hall–Kier alpha value is -1.83. The summed E-state index contributed by atoms with van der Waals surface area (Å²) in [5.41, 5.74) is 1.80. The second-order valence-electron chi connectivity index (χ2n) is 10.3. The van der Waals surface area contributed by atoms with E-state index in [1.54, 1.807) is 14.2 Å². The highest BCUT2D eigenvalue weighted by molar-refractivity contribution is 14.1. The normalized spacial score (nSPS) is 22.7. The van der Waals surface area contributed by atoms with Gasteiger partial charge in [0.15, 0.2) is 23.1 Å². The first-order valence-electron chi connectivity index (χ1n) is 10.6. The minimum absolute atomic E-state index is 0.0604. The average Bonchev–Trinajstić information content (AvgIpc) is 2.63. The summed E-state index contributed by atoms with van der Waals surface area (Å²) < 4.78 is 18.3. The van der Waals surface area contributed by atoms with Crippen LogP contribution in [-0.2, 0) is 14.3 Å². The summed E-state index contributed by atoms with van der Waals surface area (Å²) in [5, 5.41) is 0.